The Hall–Kier alpha value is -0.120. The molecule has 1 saturated heterocycles. The van der Waals surface area contributed by atoms with Crippen molar-refractivity contribution in [3.05, 3.63) is 0 Å². The van der Waals surface area contributed by atoms with Crippen LogP contribution >= 0.6 is 0 Å². The van der Waals surface area contributed by atoms with Crippen molar-refractivity contribution in [2.45, 2.75) is 38.1 Å². The lowest BCUT2D eigenvalue weighted by Gasteiger charge is -2.36. The van der Waals surface area contributed by atoms with E-state index in [1.807, 2.05) is 0 Å². The molecule has 0 amide bonds. The van der Waals surface area contributed by atoms with E-state index in [-0.39, 0.29) is 5.48 Å². The third-order valence-electron chi connectivity index (χ3n) is 3.24. The Kier molecular flexibility index (Phi) is 4.70. The van der Waals surface area contributed by atoms with Gasteiger partial charge in [0, 0.05) is 32.2 Å². The predicted octanol–water partition coefficient (Wildman–Crippen LogP) is 0.400. The number of piperazine rings is 1. The Morgan fingerprint density at radius 1 is 0.923 bits per heavy atom. The van der Waals surface area contributed by atoms with Gasteiger partial charge in [-0.1, -0.05) is 19.3 Å². The summed E-state index contributed by atoms with van der Waals surface area (Å²) in [6, 6.07) is 0.931. The van der Waals surface area contributed by atoms with Crippen molar-refractivity contribution in [2.75, 3.05) is 26.2 Å². The van der Waals surface area contributed by atoms with Gasteiger partial charge in [0.25, 0.3) is 0 Å². The van der Waals surface area contributed by atoms with Crippen molar-refractivity contribution < 1.29 is 5.48 Å². The summed E-state index contributed by atoms with van der Waals surface area (Å²) in [4.78, 5) is 2.69. The SMILES string of the molecule is C1CCC(N2CCNCC2)CC1.O. The average molecular weight is 186 g/mol. The summed E-state index contributed by atoms with van der Waals surface area (Å²) in [7, 11) is 0. The van der Waals surface area contributed by atoms with Crippen LogP contribution in [0.2, 0.25) is 0 Å². The normalized spacial score (nSPS) is 26.8. The van der Waals surface area contributed by atoms with E-state index in [1.54, 1.807) is 0 Å². The zero-order valence-electron chi connectivity index (χ0n) is 8.39. The molecule has 2 rings (SSSR count). The molecular formula is C10H22N2O. The van der Waals surface area contributed by atoms with Crippen molar-refractivity contribution >= 4 is 0 Å². The van der Waals surface area contributed by atoms with E-state index in [0.29, 0.717) is 0 Å². The van der Waals surface area contributed by atoms with Gasteiger partial charge in [0.15, 0.2) is 0 Å². The Labute approximate surface area is 80.8 Å². The van der Waals surface area contributed by atoms with E-state index in [2.05, 4.69) is 10.2 Å². The molecule has 3 heteroatoms. The van der Waals surface area contributed by atoms with Crippen LogP contribution in [0.1, 0.15) is 32.1 Å². The lowest BCUT2D eigenvalue weighted by atomic mass is 9.94. The van der Waals surface area contributed by atoms with Crippen LogP contribution in [-0.4, -0.2) is 42.6 Å². The molecule has 3 nitrogen and oxygen atoms in total. The average Bonchev–Trinajstić information content (AvgIpc) is 2.21. The highest BCUT2D eigenvalue weighted by Crippen LogP contribution is 2.22. The van der Waals surface area contributed by atoms with Gasteiger partial charge in [0.2, 0.25) is 0 Å². The van der Waals surface area contributed by atoms with Crippen LogP contribution in [0, 0.1) is 0 Å². The van der Waals surface area contributed by atoms with Gasteiger partial charge < -0.3 is 10.8 Å². The number of hydrogen-bond acceptors (Lipinski definition) is 2. The summed E-state index contributed by atoms with van der Waals surface area (Å²) in [5.74, 6) is 0. The quantitative estimate of drug-likeness (QED) is 0.644. The van der Waals surface area contributed by atoms with Crippen LogP contribution in [-0.2, 0) is 0 Å². The Morgan fingerprint density at radius 3 is 2.15 bits per heavy atom. The van der Waals surface area contributed by atoms with Gasteiger partial charge >= 0.3 is 0 Å². The molecule has 1 aliphatic carbocycles. The molecular weight excluding hydrogens is 164 g/mol. The van der Waals surface area contributed by atoms with Crippen molar-refractivity contribution in [1.82, 2.24) is 10.2 Å². The molecule has 0 radical (unpaired) electrons. The topological polar surface area (TPSA) is 46.8 Å². The first-order valence-electron chi connectivity index (χ1n) is 5.41. The van der Waals surface area contributed by atoms with E-state index >= 15 is 0 Å². The third kappa shape index (κ3) is 2.93. The van der Waals surface area contributed by atoms with Gasteiger partial charge in [0.1, 0.15) is 0 Å². The van der Waals surface area contributed by atoms with Gasteiger partial charge in [-0.2, -0.15) is 0 Å². The summed E-state index contributed by atoms with van der Waals surface area (Å²) < 4.78 is 0. The molecule has 0 aromatic carbocycles. The zero-order valence-corrected chi connectivity index (χ0v) is 8.39. The third-order valence-corrected chi connectivity index (χ3v) is 3.24. The number of rotatable bonds is 1. The predicted molar refractivity (Wildman–Crippen MR) is 54.9 cm³/mol. The van der Waals surface area contributed by atoms with Crippen LogP contribution < -0.4 is 5.32 Å². The maximum absolute atomic E-state index is 3.41. The highest BCUT2D eigenvalue weighted by molar-refractivity contribution is 4.79. The van der Waals surface area contributed by atoms with E-state index in [0.717, 1.165) is 6.04 Å². The van der Waals surface area contributed by atoms with E-state index < -0.39 is 0 Å². The summed E-state index contributed by atoms with van der Waals surface area (Å²) in [6.07, 6.45) is 7.33. The second kappa shape index (κ2) is 5.58. The number of nitrogens with zero attached hydrogens (tertiary/aromatic N) is 1. The second-order valence-corrected chi connectivity index (χ2v) is 4.08. The zero-order chi connectivity index (χ0) is 8.23. The molecule has 0 aromatic rings. The molecule has 0 bridgehead atoms. The molecule has 2 aliphatic rings. The molecule has 0 spiro atoms. The lowest BCUT2D eigenvalue weighted by Crippen LogP contribution is -2.48. The maximum atomic E-state index is 3.41. The van der Waals surface area contributed by atoms with Gasteiger partial charge in [0.05, 0.1) is 0 Å². The summed E-state index contributed by atoms with van der Waals surface area (Å²) >= 11 is 0. The standard InChI is InChI=1S/C10H20N2.H2O/c1-2-4-10(5-3-1)12-8-6-11-7-9-12;/h10-11H,1-9H2;1H2. The van der Waals surface area contributed by atoms with Crippen molar-refractivity contribution in [3.8, 4) is 0 Å². The Balaban J connectivity index is 0.000000845. The first-order valence-corrected chi connectivity index (χ1v) is 5.41. The van der Waals surface area contributed by atoms with E-state index in [1.165, 1.54) is 58.3 Å². The number of hydrogen-bond donors (Lipinski definition) is 1. The molecule has 1 heterocycles. The second-order valence-electron chi connectivity index (χ2n) is 4.08. The molecule has 0 unspecified atom stereocenters. The van der Waals surface area contributed by atoms with Crippen LogP contribution in [0.5, 0.6) is 0 Å². The summed E-state index contributed by atoms with van der Waals surface area (Å²) in [5.41, 5.74) is 0. The highest BCUT2D eigenvalue weighted by Gasteiger charge is 2.21. The monoisotopic (exact) mass is 186 g/mol. The highest BCUT2D eigenvalue weighted by atomic mass is 16.0. The van der Waals surface area contributed by atoms with Crippen LogP contribution in [0.15, 0.2) is 0 Å². The van der Waals surface area contributed by atoms with Crippen molar-refractivity contribution in [1.29, 1.82) is 0 Å². The molecule has 1 saturated carbocycles. The summed E-state index contributed by atoms with van der Waals surface area (Å²) in [5, 5.41) is 3.41. The molecule has 1 aliphatic heterocycles. The molecule has 2 fully saturated rings. The number of nitrogens with one attached hydrogen (secondary N) is 1. The first kappa shape index (κ1) is 11.0. The Bertz CT molecular complexity index is 113. The smallest absolute Gasteiger partial charge is 0.0110 e. The molecule has 3 N–H and O–H groups in total. The van der Waals surface area contributed by atoms with Crippen LogP contribution in [0.3, 0.4) is 0 Å². The first-order chi connectivity index (χ1) is 5.97. The van der Waals surface area contributed by atoms with Gasteiger partial charge in [-0.25, -0.2) is 0 Å². The molecule has 0 aromatic heterocycles. The van der Waals surface area contributed by atoms with Gasteiger partial charge in [-0.3, -0.25) is 4.90 Å². The van der Waals surface area contributed by atoms with E-state index in [4.69, 9.17) is 0 Å². The Morgan fingerprint density at radius 2 is 1.54 bits per heavy atom. The van der Waals surface area contributed by atoms with Crippen LogP contribution in [0.25, 0.3) is 0 Å². The fourth-order valence-electron chi connectivity index (χ4n) is 2.49. The van der Waals surface area contributed by atoms with Gasteiger partial charge in [-0.05, 0) is 12.8 Å². The lowest BCUT2D eigenvalue weighted by molar-refractivity contribution is 0.139. The van der Waals surface area contributed by atoms with E-state index in [9.17, 15) is 0 Å². The van der Waals surface area contributed by atoms with Gasteiger partial charge in [-0.15, -0.1) is 0 Å². The maximum Gasteiger partial charge on any atom is 0.0110 e. The minimum atomic E-state index is 0. The fraction of sp³-hybridized carbons (Fsp3) is 1.00. The summed E-state index contributed by atoms with van der Waals surface area (Å²) in [6.45, 7) is 4.97. The van der Waals surface area contributed by atoms with Crippen LogP contribution in [0.4, 0.5) is 0 Å². The van der Waals surface area contributed by atoms with Crippen molar-refractivity contribution in [3.63, 3.8) is 0 Å². The van der Waals surface area contributed by atoms with Crippen molar-refractivity contribution in [2.24, 2.45) is 0 Å². The largest absolute Gasteiger partial charge is 0.412 e. The molecule has 13 heavy (non-hydrogen) atoms. The molecule has 0 atom stereocenters. The minimum Gasteiger partial charge on any atom is -0.412 e. The minimum absolute atomic E-state index is 0. The fourth-order valence-corrected chi connectivity index (χ4v) is 2.49. The molecule has 78 valence electrons.